The zero-order chi connectivity index (χ0) is 20.8. The van der Waals surface area contributed by atoms with E-state index in [1.54, 1.807) is 0 Å². The molecule has 1 fully saturated rings. The molecule has 0 saturated carbocycles. The van der Waals surface area contributed by atoms with Gasteiger partial charge in [-0.1, -0.05) is 42.5 Å². The Hall–Kier alpha value is -2.40. The van der Waals surface area contributed by atoms with E-state index < -0.39 is 0 Å². The molecule has 2 aliphatic heterocycles. The maximum absolute atomic E-state index is 13.3. The average Bonchev–Trinajstić information content (AvgIpc) is 3.15. The second-order valence-electron chi connectivity index (χ2n) is 8.58. The summed E-state index contributed by atoms with van der Waals surface area (Å²) in [6.07, 6.45) is 12.4. The Labute approximate surface area is 180 Å². The van der Waals surface area contributed by atoms with Crippen molar-refractivity contribution in [3.8, 4) is 0 Å². The van der Waals surface area contributed by atoms with Gasteiger partial charge in [-0.3, -0.25) is 9.69 Å². The number of hydrogen-bond acceptors (Lipinski definition) is 3. The minimum Gasteiger partial charge on any atom is -0.338 e. The van der Waals surface area contributed by atoms with Gasteiger partial charge in [0, 0.05) is 37.9 Å². The van der Waals surface area contributed by atoms with Crippen molar-refractivity contribution in [1.29, 1.82) is 0 Å². The van der Waals surface area contributed by atoms with Gasteiger partial charge in [-0.25, -0.2) is 4.98 Å². The molecule has 160 valence electrons. The molecule has 0 N–H and O–H groups in total. The molecule has 1 aromatic carbocycles. The first-order valence-corrected chi connectivity index (χ1v) is 11.4. The maximum atomic E-state index is 13.3. The van der Waals surface area contributed by atoms with E-state index in [4.69, 9.17) is 0 Å². The van der Waals surface area contributed by atoms with Gasteiger partial charge < -0.3 is 9.47 Å². The highest BCUT2D eigenvalue weighted by molar-refractivity contribution is 5.80. The third-order valence-electron chi connectivity index (χ3n) is 6.73. The van der Waals surface area contributed by atoms with Gasteiger partial charge in [0.05, 0.1) is 6.54 Å². The van der Waals surface area contributed by atoms with Crippen molar-refractivity contribution in [2.24, 2.45) is 11.8 Å². The highest BCUT2D eigenvalue weighted by Gasteiger charge is 2.34. The maximum Gasteiger partial charge on any atom is 0.226 e. The Kier molecular flexibility index (Phi) is 7.00. The van der Waals surface area contributed by atoms with Gasteiger partial charge in [-0.15, -0.1) is 0 Å². The van der Waals surface area contributed by atoms with Crippen molar-refractivity contribution in [3.05, 3.63) is 66.3 Å². The van der Waals surface area contributed by atoms with Crippen LogP contribution in [0.3, 0.4) is 0 Å². The third kappa shape index (κ3) is 5.01. The second kappa shape index (κ2) is 10.1. The zero-order valence-electron chi connectivity index (χ0n) is 18.1. The molecule has 3 heterocycles. The number of carbonyl (C=O) groups is 1. The SMILES string of the molecule is CCn1ccnc1CN1CCC(C2CC=CCN(CCc3ccccc3)C2=O)CC1. The molecule has 0 spiro atoms. The van der Waals surface area contributed by atoms with Crippen LogP contribution in [-0.2, 0) is 24.3 Å². The number of aromatic nitrogens is 2. The minimum atomic E-state index is 0.138. The molecule has 0 aliphatic carbocycles. The number of rotatable bonds is 7. The molecule has 1 saturated heterocycles. The van der Waals surface area contributed by atoms with Crippen LogP contribution in [0.1, 0.15) is 37.6 Å². The average molecular weight is 407 g/mol. The molecule has 0 bridgehead atoms. The molecule has 2 aliphatic rings. The normalized spacial score (nSPS) is 21.2. The van der Waals surface area contributed by atoms with Crippen LogP contribution < -0.4 is 0 Å². The number of benzene rings is 1. The van der Waals surface area contributed by atoms with E-state index in [0.29, 0.717) is 11.8 Å². The summed E-state index contributed by atoms with van der Waals surface area (Å²) >= 11 is 0. The molecule has 2 aromatic rings. The molecule has 1 amide bonds. The van der Waals surface area contributed by atoms with Crippen LogP contribution in [0.5, 0.6) is 0 Å². The fourth-order valence-corrected chi connectivity index (χ4v) is 4.87. The summed E-state index contributed by atoms with van der Waals surface area (Å²) in [7, 11) is 0. The smallest absolute Gasteiger partial charge is 0.226 e. The largest absolute Gasteiger partial charge is 0.338 e. The van der Waals surface area contributed by atoms with Gasteiger partial charge in [0.15, 0.2) is 0 Å². The summed E-state index contributed by atoms with van der Waals surface area (Å²) in [6.45, 7) is 7.70. The number of hydrogen-bond donors (Lipinski definition) is 0. The van der Waals surface area contributed by atoms with Crippen molar-refractivity contribution in [1.82, 2.24) is 19.4 Å². The van der Waals surface area contributed by atoms with E-state index in [1.807, 2.05) is 12.3 Å². The Morgan fingerprint density at radius 2 is 1.90 bits per heavy atom. The van der Waals surface area contributed by atoms with Crippen molar-refractivity contribution < 1.29 is 4.79 Å². The predicted molar refractivity (Wildman–Crippen MR) is 120 cm³/mol. The van der Waals surface area contributed by atoms with E-state index in [9.17, 15) is 4.79 Å². The lowest BCUT2D eigenvalue weighted by Gasteiger charge is -2.36. The van der Waals surface area contributed by atoms with Gasteiger partial charge in [0.25, 0.3) is 0 Å². The molecule has 1 aromatic heterocycles. The summed E-state index contributed by atoms with van der Waals surface area (Å²) in [4.78, 5) is 22.4. The fraction of sp³-hybridized carbons (Fsp3) is 0.520. The van der Waals surface area contributed by atoms with Crippen LogP contribution in [0.25, 0.3) is 0 Å². The van der Waals surface area contributed by atoms with E-state index in [-0.39, 0.29) is 5.92 Å². The number of amides is 1. The van der Waals surface area contributed by atoms with E-state index in [2.05, 4.69) is 68.9 Å². The first-order chi connectivity index (χ1) is 14.7. The van der Waals surface area contributed by atoms with Crippen molar-refractivity contribution >= 4 is 5.91 Å². The Morgan fingerprint density at radius 3 is 2.67 bits per heavy atom. The molecule has 5 nitrogen and oxygen atoms in total. The van der Waals surface area contributed by atoms with Crippen LogP contribution >= 0.6 is 0 Å². The lowest BCUT2D eigenvalue weighted by Crippen LogP contribution is -2.43. The molecule has 5 heteroatoms. The molecular weight excluding hydrogens is 372 g/mol. The van der Waals surface area contributed by atoms with Gasteiger partial charge in [0.2, 0.25) is 5.91 Å². The molecule has 0 radical (unpaired) electrons. The van der Waals surface area contributed by atoms with Gasteiger partial charge in [-0.05, 0) is 57.2 Å². The topological polar surface area (TPSA) is 41.4 Å². The first-order valence-electron chi connectivity index (χ1n) is 11.4. The number of carbonyl (C=O) groups excluding carboxylic acids is 1. The summed E-state index contributed by atoms with van der Waals surface area (Å²) in [5.74, 6) is 2.13. The predicted octanol–water partition coefficient (Wildman–Crippen LogP) is 3.76. The highest BCUT2D eigenvalue weighted by Crippen LogP contribution is 2.31. The number of aryl methyl sites for hydroxylation is 1. The molecule has 30 heavy (non-hydrogen) atoms. The second-order valence-corrected chi connectivity index (χ2v) is 8.58. The molecule has 4 rings (SSSR count). The Balaban J connectivity index is 1.32. The number of likely N-dealkylation sites (tertiary alicyclic amines) is 1. The standard InChI is InChI=1S/C25H34N4O/c1-2-28-19-14-26-24(28)20-27-16-12-22(13-17-27)23-10-6-7-15-29(25(23)30)18-11-21-8-4-3-5-9-21/h3-9,14,19,22-23H,2,10-13,15-18,20H2,1H3. The van der Waals surface area contributed by atoms with Crippen molar-refractivity contribution in [3.63, 3.8) is 0 Å². The van der Waals surface area contributed by atoms with Gasteiger partial charge >= 0.3 is 0 Å². The first kappa shape index (κ1) is 20.9. The van der Waals surface area contributed by atoms with E-state index in [1.165, 1.54) is 5.56 Å². The van der Waals surface area contributed by atoms with Crippen LogP contribution in [0.2, 0.25) is 0 Å². The number of allylic oxidation sites excluding steroid dienone is 1. The van der Waals surface area contributed by atoms with Crippen molar-refractivity contribution in [2.75, 3.05) is 26.2 Å². The number of piperidine rings is 1. The van der Waals surface area contributed by atoms with E-state index >= 15 is 0 Å². The summed E-state index contributed by atoms with van der Waals surface area (Å²) in [6, 6.07) is 10.5. The number of nitrogens with zero attached hydrogens (tertiary/aromatic N) is 4. The number of imidazole rings is 1. The Bertz CT molecular complexity index is 836. The highest BCUT2D eigenvalue weighted by atomic mass is 16.2. The lowest BCUT2D eigenvalue weighted by molar-refractivity contribution is -0.137. The lowest BCUT2D eigenvalue weighted by atomic mass is 9.81. The molecule has 1 unspecified atom stereocenters. The van der Waals surface area contributed by atoms with Crippen LogP contribution in [0.4, 0.5) is 0 Å². The van der Waals surface area contributed by atoms with Crippen LogP contribution in [0, 0.1) is 11.8 Å². The molecular formula is C25H34N4O. The van der Waals surface area contributed by atoms with Crippen LogP contribution in [-0.4, -0.2) is 51.4 Å². The van der Waals surface area contributed by atoms with Gasteiger partial charge in [-0.2, -0.15) is 0 Å². The zero-order valence-corrected chi connectivity index (χ0v) is 18.1. The molecule has 1 atom stereocenters. The van der Waals surface area contributed by atoms with E-state index in [0.717, 1.165) is 70.8 Å². The fourth-order valence-electron chi connectivity index (χ4n) is 4.87. The summed E-state index contributed by atoms with van der Waals surface area (Å²) < 4.78 is 2.22. The van der Waals surface area contributed by atoms with Crippen molar-refractivity contribution in [2.45, 2.75) is 45.7 Å². The summed E-state index contributed by atoms with van der Waals surface area (Å²) in [5.41, 5.74) is 1.30. The minimum absolute atomic E-state index is 0.138. The quantitative estimate of drug-likeness (QED) is 0.658. The van der Waals surface area contributed by atoms with Gasteiger partial charge in [0.1, 0.15) is 5.82 Å². The summed E-state index contributed by atoms with van der Waals surface area (Å²) in [5, 5.41) is 0. The van der Waals surface area contributed by atoms with Crippen LogP contribution in [0.15, 0.2) is 54.9 Å². The third-order valence-corrected chi connectivity index (χ3v) is 6.73. The Morgan fingerprint density at radius 1 is 1.10 bits per heavy atom. The monoisotopic (exact) mass is 406 g/mol.